The van der Waals surface area contributed by atoms with Crippen molar-refractivity contribution in [3.8, 4) is 0 Å². The number of carbonyl (C=O) groups excluding carboxylic acids is 1. The largest absolute Gasteiger partial charge is 0.490 e. The second kappa shape index (κ2) is 12.1. The molecule has 1 amide bonds. The lowest BCUT2D eigenvalue weighted by atomic mass is 9.94. The van der Waals surface area contributed by atoms with Crippen LogP contribution in [0.5, 0.6) is 0 Å². The number of ether oxygens (including phenoxy) is 1. The topological polar surface area (TPSA) is 279 Å². The molecule has 0 spiro atoms. The molecule has 2 aromatic carbocycles. The first-order chi connectivity index (χ1) is 19.4. The maximum atomic E-state index is 12.9. The van der Waals surface area contributed by atoms with E-state index in [1.54, 1.807) is 12.1 Å². The molecule has 6 atom stereocenters. The van der Waals surface area contributed by atoms with Gasteiger partial charge in [0.05, 0.1) is 6.10 Å². The van der Waals surface area contributed by atoms with Crippen LogP contribution in [0, 0.1) is 0 Å². The monoisotopic (exact) mass is 650 g/mol. The Bertz CT molecular complexity index is 1710. The number of amides is 1. The molecule has 1 aliphatic rings. The van der Waals surface area contributed by atoms with Crippen molar-refractivity contribution in [3.63, 3.8) is 0 Å². The standard InChI is InChI=1S/C21H25N4O14P3/c1-11(26)23-15-7-3-4-12-13(15)5-2-6-14(12)19(37-41(32,33)39-42(34,35)38-40(29,30)31)20-16(27)10-18(36-20)25-9-8-17(22)24-21(25)28/h2-9,16,18-20,27H,10H2,1H3,(H,23,26)(H,32,33)(H,34,35)(H2,22,24,28)(H2,29,30,31)/t16-,18+,19?,20-/m0/s1. The van der Waals surface area contributed by atoms with E-state index in [0.717, 1.165) is 4.57 Å². The van der Waals surface area contributed by atoms with Crippen molar-refractivity contribution in [3.05, 3.63) is 64.7 Å². The van der Waals surface area contributed by atoms with Crippen molar-refractivity contribution in [1.82, 2.24) is 9.55 Å². The number of nitrogens with one attached hydrogen (secondary N) is 1. The van der Waals surface area contributed by atoms with Gasteiger partial charge < -0.3 is 40.5 Å². The van der Waals surface area contributed by atoms with Gasteiger partial charge in [-0.25, -0.2) is 18.5 Å². The van der Waals surface area contributed by atoms with E-state index in [4.69, 9.17) is 24.8 Å². The van der Waals surface area contributed by atoms with Crippen LogP contribution < -0.4 is 16.7 Å². The average molecular weight is 650 g/mol. The number of hydrogen-bond donors (Lipinski definition) is 7. The van der Waals surface area contributed by atoms with E-state index in [0.29, 0.717) is 16.5 Å². The number of aliphatic hydroxyl groups is 1. The van der Waals surface area contributed by atoms with E-state index < -0.39 is 59.6 Å². The predicted molar refractivity (Wildman–Crippen MR) is 143 cm³/mol. The summed E-state index contributed by atoms with van der Waals surface area (Å²) in [5.41, 5.74) is 5.08. The van der Waals surface area contributed by atoms with E-state index in [1.165, 1.54) is 43.5 Å². The van der Waals surface area contributed by atoms with Crippen LogP contribution in [0.2, 0.25) is 0 Å². The summed E-state index contributed by atoms with van der Waals surface area (Å²) in [6, 6.07) is 10.4. The number of rotatable bonds is 10. The Balaban J connectivity index is 1.79. The summed E-state index contributed by atoms with van der Waals surface area (Å²) in [6.07, 6.45) is -5.04. The number of phosphoric acid groups is 3. The summed E-state index contributed by atoms with van der Waals surface area (Å²) in [7, 11) is -17.3. The van der Waals surface area contributed by atoms with E-state index in [9.17, 15) is 38.2 Å². The zero-order chi connectivity index (χ0) is 31.0. The van der Waals surface area contributed by atoms with Crippen molar-refractivity contribution in [2.24, 2.45) is 0 Å². The number of nitrogens with zero attached hydrogens (tertiary/aromatic N) is 2. The Hall–Kier alpha value is -2.82. The Morgan fingerprint density at radius 3 is 2.38 bits per heavy atom. The molecule has 0 saturated carbocycles. The lowest BCUT2D eigenvalue weighted by Gasteiger charge is -2.29. The minimum atomic E-state index is -5.89. The normalized spacial score (nSPS) is 22.8. The van der Waals surface area contributed by atoms with Crippen LogP contribution in [0.25, 0.3) is 10.8 Å². The van der Waals surface area contributed by atoms with Crippen LogP contribution in [0.3, 0.4) is 0 Å². The number of fused-ring (bicyclic) bond motifs is 1. The van der Waals surface area contributed by atoms with Crippen molar-refractivity contribution >= 4 is 51.7 Å². The summed E-state index contributed by atoms with van der Waals surface area (Å²) < 4.78 is 55.7. The highest BCUT2D eigenvalue weighted by Crippen LogP contribution is 2.67. The minimum absolute atomic E-state index is 0.0498. The molecular weight excluding hydrogens is 625 g/mol. The fraction of sp³-hybridized carbons (Fsp3) is 0.286. The van der Waals surface area contributed by atoms with Gasteiger partial charge in [-0.15, -0.1) is 0 Å². The van der Waals surface area contributed by atoms with Gasteiger partial charge in [0.1, 0.15) is 24.3 Å². The molecule has 228 valence electrons. The number of carbonyl (C=O) groups is 1. The van der Waals surface area contributed by atoms with Crippen molar-refractivity contribution in [2.75, 3.05) is 11.1 Å². The van der Waals surface area contributed by atoms with Crippen molar-refractivity contribution in [1.29, 1.82) is 0 Å². The summed E-state index contributed by atoms with van der Waals surface area (Å²) in [5.74, 6) is -0.486. The third-order valence-electron chi connectivity index (χ3n) is 5.83. The molecule has 8 N–H and O–H groups in total. The number of aliphatic hydroxyl groups excluding tert-OH is 1. The van der Waals surface area contributed by atoms with Gasteiger partial charge in [-0.1, -0.05) is 30.3 Å². The quantitative estimate of drug-likeness (QED) is 0.154. The first-order valence-corrected chi connectivity index (χ1v) is 16.3. The smallest absolute Gasteiger partial charge is 0.390 e. The second-order valence-corrected chi connectivity index (χ2v) is 13.3. The highest BCUT2D eigenvalue weighted by atomic mass is 31.3. The first kappa shape index (κ1) is 32.1. The summed E-state index contributed by atoms with van der Waals surface area (Å²) in [5, 5.41) is 14.3. The molecule has 1 aromatic heterocycles. The van der Waals surface area contributed by atoms with Crippen LogP contribution in [0.1, 0.15) is 31.2 Å². The predicted octanol–water partition coefficient (Wildman–Crippen LogP) is 1.67. The van der Waals surface area contributed by atoms with E-state index >= 15 is 0 Å². The van der Waals surface area contributed by atoms with Gasteiger partial charge in [0, 0.05) is 30.6 Å². The fourth-order valence-electron chi connectivity index (χ4n) is 4.38. The molecule has 4 rings (SSSR count). The van der Waals surface area contributed by atoms with Crippen molar-refractivity contribution in [2.45, 2.75) is 37.9 Å². The molecule has 3 aromatic rings. The molecule has 1 saturated heterocycles. The number of nitrogens with two attached hydrogens (primary N) is 1. The van der Waals surface area contributed by atoms with Gasteiger partial charge in [0.2, 0.25) is 5.91 Å². The number of anilines is 2. The molecule has 1 fully saturated rings. The lowest BCUT2D eigenvalue weighted by Crippen LogP contribution is -2.31. The van der Waals surface area contributed by atoms with Crippen LogP contribution in [-0.2, 0) is 36.4 Å². The minimum Gasteiger partial charge on any atom is -0.390 e. The molecule has 0 bridgehead atoms. The third kappa shape index (κ3) is 7.76. The Labute approximate surface area is 236 Å². The molecule has 0 aliphatic carbocycles. The number of aromatic nitrogens is 2. The highest BCUT2D eigenvalue weighted by molar-refractivity contribution is 7.66. The Kier molecular flexibility index (Phi) is 9.21. The third-order valence-corrected chi connectivity index (χ3v) is 9.65. The molecule has 2 heterocycles. The van der Waals surface area contributed by atoms with Gasteiger partial charge in [-0.05, 0) is 23.1 Å². The number of hydrogen-bond acceptors (Lipinski definition) is 12. The number of benzene rings is 2. The zero-order valence-electron chi connectivity index (χ0n) is 21.4. The average Bonchev–Trinajstić information content (AvgIpc) is 3.20. The number of nitrogen functional groups attached to an aromatic ring is 1. The van der Waals surface area contributed by atoms with Crippen LogP contribution in [0.15, 0.2) is 53.5 Å². The summed E-state index contributed by atoms with van der Waals surface area (Å²) >= 11 is 0. The summed E-state index contributed by atoms with van der Waals surface area (Å²) in [4.78, 5) is 65.4. The van der Waals surface area contributed by atoms with Gasteiger partial charge >= 0.3 is 29.2 Å². The molecule has 21 heteroatoms. The number of phosphoric ester groups is 1. The summed E-state index contributed by atoms with van der Waals surface area (Å²) in [6.45, 7) is 1.28. The SMILES string of the molecule is CC(=O)Nc1cccc2c(C(OP(=O)(O)OP(=O)(O)OP(=O)(O)O)[C@H]3O[C@@H](n4ccc(N)nc4=O)C[C@@H]3O)cccc12. The van der Waals surface area contributed by atoms with E-state index in [2.05, 4.69) is 18.9 Å². The van der Waals surface area contributed by atoms with Crippen LogP contribution in [-0.4, -0.2) is 52.3 Å². The molecule has 18 nitrogen and oxygen atoms in total. The van der Waals surface area contributed by atoms with E-state index in [1.807, 2.05) is 0 Å². The maximum Gasteiger partial charge on any atom is 0.490 e. The van der Waals surface area contributed by atoms with Crippen molar-refractivity contribution < 1.29 is 61.1 Å². The molecule has 0 radical (unpaired) electrons. The fourth-order valence-corrected chi connectivity index (χ4v) is 7.56. The van der Waals surface area contributed by atoms with Gasteiger partial charge in [-0.3, -0.25) is 13.9 Å². The van der Waals surface area contributed by atoms with Gasteiger partial charge in [-0.2, -0.15) is 13.6 Å². The molecule has 42 heavy (non-hydrogen) atoms. The van der Waals surface area contributed by atoms with Gasteiger partial charge in [0.25, 0.3) is 0 Å². The Morgan fingerprint density at radius 2 is 1.74 bits per heavy atom. The molecule has 3 unspecified atom stereocenters. The van der Waals surface area contributed by atoms with Crippen LogP contribution in [0.4, 0.5) is 11.5 Å². The first-order valence-electron chi connectivity index (χ1n) is 11.7. The van der Waals surface area contributed by atoms with Crippen LogP contribution >= 0.6 is 23.5 Å². The maximum absolute atomic E-state index is 12.9. The Morgan fingerprint density at radius 1 is 1.07 bits per heavy atom. The van der Waals surface area contributed by atoms with Gasteiger partial charge in [0.15, 0.2) is 0 Å². The second-order valence-electron chi connectivity index (χ2n) is 8.95. The lowest BCUT2D eigenvalue weighted by molar-refractivity contribution is -0.114. The highest BCUT2D eigenvalue weighted by Gasteiger charge is 2.48. The molecular formula is C21H25N4O14P3. The zero-order valence-corrected chi connectivity index (χ0v) is 24.0. The molecule has 1 aliphatic heterocycles. The van der Waals surface area contributed by atoms with E-state index in [-0.39, 0.29) is 17.8 Å².